The second kappa shape index (κ2) is 6.30. The van der Waals surface area contributed by atoms with Gasteiger partial charge in [-0.3, -0.25) is 0 Å². The van der Waals surface area contributed by atoms with Crippen molar-refractivity contribution in [1.82, 2.24) is 14.9 Å². The first kappa shape index (κ1) is 15.6. The predicted molar refractivity (Wildman–Crippen MR) is 74.7 cm³/mol. The molecule has 2 aromatic rings. The number of nitrogens with one attached hydrogen (secondary N) is 1. The van der Waals surface area contributed by atoms with Crippen LogP contribution in [-0.2, 0) is 19.3 Å². The summed E-state index contributed by atoms with van der Waals surface area (Å²) in [6.07, 6.45) is -0.839. The fourth-order valence-electron chi connectivity index (χ4n) is 1.94. The molecule has 6 heteroatoms. The summed E-state index contributed by atoms with van der Waals surface area (Å²) in [6, 6.07) is 5.58. The van der Waals surface area contributed by atoms with Crippen LogP contribution in [-0.4, -0.2) is 15.6 Å². The number of hydrogen-bond donors (Lipinski definition) is 1. The maximum Gasteiger partial charge on any atom is 0.416 e. The fraction of sp³-hybridized carbons (Fsp3) is 0.400. The van der Waals surface area contributed by atoms with Crippen LogP contribution in [0.4, 0.5) is 13.2 Å². The summed E-state index contributed by atoms with van der Waals surface area (Å²) in [6.45, 7) is 5.29. The minimum Gasteiger partial charge on any atom is -0.329 e. The zero-order valence-corrected chi connectivity index (χ0v) is 12.0. The van der Waals surface area contributed by atoms with Crippen molar-refractivity contribution in [2.75, 3.05) is 0 Å². The van der Waals surface area contributed by atoms with Gasteiger partial charge >= 0.3 is 6.18 Å². The number of aromatic nitrogens is 2. The van der Waals surface area contributed by atoms with Crippen LogP contribution in [0.15, 0.2) is 36.8 Å². The molecule has 0 aliphatic heterocycles. The molecule has 0 saturated carbocycles. The highest BCUT2D eigenvalue weighted by atomic mass is 19.4. The summed E-state index contributed by atoms with van der Waals surface area (Å²) in [5.41, 5.74) is 1.19. The van der Waals surface area contributed by atoms with Crippen molar-refractivity contribution < 1.29 is 13.2 Å². The van der Waals surface area contributed by atoms with E-state index in [9.17, 15) is 13.2 Å². The molecule has 21 heavy (non-hydrogen) atoms. The number of nitrogens with zero attached hydrogens (tertiary/aromatic N) is 2. The van der Waals surface area contributed by atoms with Gasteiger partial charge in [-0.15, -0.1) is 0 Å². The van der Waals surface area contributed by atoms with Crippen LogP contribution in [0.2, 0.25) is 0 Å². The van der Waals surface area contributed by atoms with Crippen LogP contribution in [0.3, 0.4) is 0 Å². The van der Waals surface area contributed by atoms with E-state index in [2.05, 4.69) is 24.1 Å². The Kier molecular flexibility index (Phi) is 4.67. The van der Waals surface area contributed by atoms with Crippen LogP contribution in [0.5, 0.6) is 0 Å². The second-order valence-corrected chi connectivity index (χ2v) is 5.24. The molecule has 2 rings (SSSR count). The van der Waals surface area contributed by atoms with Gasteiger partial charge in [0, 0.05) is 25.3 Å². The Hall–Kier alpha value is -1.82. The van der Waals surface area contributed by atoms with Gasteiger partial charge in [0.1, 0.15) is 0 Å². The SMILES string of the molecule is CC(C)NCc1cncn1Cc1ccc(C(F)(F)F)cc1. The molecule has 0 unspecified atom stereocenters. The maximum atomic E-state index is 12.5. The average molecular weight is 297 g/mol. The van der Waals surface area contributed by atoms with E-state index in [-0.39, 0.29) is 0 Å². The zero-order chi connectivity index (χ0) is 15.5. The molecule has 1 aromatic carbocycles. The molecule has 0 spiro atoms. The lowest BCUT2D eigenvalue weighted by Gasteiger charge is -2.12. The average Bonchev–Trinajstić information content (AvgIpc) is 2.83. The molecular weight excluding hydrogens is 279 g/mol. The Balaban J connectivity index is 2.07. The van der Waals surface area contributed by atoms with Crippen LogP contribution in [0.25, 0.3) is 0 Å². The van der Waals surface area contributed by atoms with Gasteiger partial charge in [-0.2, -0.15) is 13.2 Å². The standard InChI is InChI=1S/C15H18F3N3/c1-11(2)20-8-14-7-19-10-21(14)9-12-3-5-13(6-4-12)15(16,17)18/h3-7,10-11,20H,8-9H2,1-2H3. The van der Waals surface area contributed by atoms with E-state index in [1.807, 2.05) is 4.57 Å². The number of alkyl halides is 3. The van der Waals surface area contributed by atoms with Gasteiger partial charge in [0.2, 0.25) is 0 Å². The van der Waals surface area contributed by atoms with E-state index in [1.165, 1.54) is 12.1 Å². The van der Waals surface area contributed by atoms with Gasteiger partial charge in [0.05, 0.1) is 17.6 Å². The molecule has 1 N–H and O–H groups in total. The first-order chi connectivity index (χ1) is 9.86. The monoisotopic (exact) mass is 297 g/mol. The molecule has 0 bridgehead atoms. The lowest BCUT2D eigenvalue weighted by molar-refractivity contribution is -0.137. The molecule has 0 atom stereocenters. The summed E-state index contributed by atoms with van der Waals surface area (Å²) < 4.78 is 39.5. The maximum absolute atomic E-state index is 12.5. The highest BCUT2D eigenvalue weighted by molar-refractivity contribution is 5.25. The van der Waals surface area contributed by atoms with Crippen LogP contribution in [0.1, 0.15) is 30.7 Å². The van der Waals surface area contributed by atoms with E-state index in [0.717, 1.165) is 23.4 Å². The normalized spacial score (nSPS) is 12.1. The van der Waals surface area contributed by atoms with Gasteiger partial charge < -0.3 is 9.88 Å². The Bertz CT molecular complexity index is 571. The van der Waals surface area contributed by atoms with Gasteiger partial charge in [0.15, 0.2) is 0 Å². The van der Waals surface area contributed by atoms with Crippen molar-refractivity contribution in [2.24, 2.45) is 0 Å². The summed E-state index contributed by atoms with van der Waals surface area (Å²) in [5.74, 6) is 0. The van der Waals surface area contributed by atoms with Crippen LogP contribution in [0, 0.1) is 0 Å². The molecule has 1 aromatic heterocycles. The fourth-order valence-corrected chi connectivity index (χ4v) is 1.94. The van der Waals surface area contributed by atoms with Gasteiger partial charge in [-0.25, -0.2) is 4.98 Å². The lowest BCUT2D eigenvalue weighted by Crippen LogP contribution is -2.23. The van der Waals surface area contributed by atoms with Gasteiger partial charge in [-0.1, -0.05) is 26.0 Å². The third kappa shape index (κ3) is 4.32. The van der Waals surface area contributed by atoms with Crippen LogP contribution < -0.4 is 5.32 Å². The highest BCUT2D eigenvalue weighted by Gasteiger charge is 2.29. The largest absolute Gasteiger partial charge is 0.416 e. The second-order valence-electron chi connectivity index (χ2n) is 5.24. The van der Waals surface area contributed by atoms with Crippen molar-refractivity contribution in [3.63, 3.8) is 0 Å². The van der Waals surface area contributed by atoms with E-state index < -0.39 is 11.7 Å². The predicted octanol–water partition coefficient (Wildman–Crippen LogP) is 3.45. The quantitative estimate of drug-likeness (QED) is 0.916. The highest BCUT2D eigenvalue weighted by Crippen LogP contribution is 2.29. The molecule has 3 nitrogen and oxygen atoms in total. The third-order valence-electron chi connectivity index (χ3n) is 3.12. The van der Waals surface area contributed by atoms with Crippen molar-refractivity contribution in [3.05, 3.63) is 53.6 Å². The Morgan fingerprint density at radius 1 is 1.19 bits per heavy atom. The van der Waals surface area contributed by atoms with Crippen molar-refractivity contribution in [2.45, 2.75) is 39.2 Å². The van der Waals surface area contributed by atoms with Crippen molar-refractivity contribution in [3.8, 4) is 0 Å². The smallest absolute Gasteiger partial charge is 0.329 e. The van der Waals surface area contributed by atoms with E-state index in [4.69, 9.17) is 0 Å². The van der Waals surface area contributed by atoms with E-state index in [0.29, 0.717) is 19.1 Å². The molecule has 0 fully saturated rings. The first-order valence-corrected chi connectivity index (χ1v) is 6.75. The minimum absolute atomic E-state index is 0.361. The van der Waals surface area contributed by atoms with E-state index >= 15 is 0 Å². The van der Waals surface area contributed by atoms with Crippen molar-refractivity contribution >= 4 is 0 Å². The molecule has 0 aliphatic carbocycles. The van der Waals surface area contributed by atoms with E-state index in [1.54, 1.807) is 12.5 Å². The number of halogens is 3. The minimum atomic E-state index is -4.29. The zero-order valence-electron chi connectivity index (χ0n) is 12.0. The molecule has 0 amide bonds. The van der Waals surface area contributed by atoms with Crippen LogP contribution >= 0.6 is 0 Å². The molecule has 0 radical (unpaired) electrons. The summed E-state index contributed by atoms with van der Waals surface area (Å²) in [5, 5.41) is 3.29. The molecule has 0 aliphatic rings. The number of benzene rings is 1. The Labute approximate surface area is 121 Å². The Morgan fingerprint density at radius 3 is 2.43 bits per heavy atom. The van der Waals surface area contributed by atoms with Gasteiger partial charge in [-0.05, 0) is 17.7 Å². The molecule has 114 valence electrons. The Morgan fingerprint density at radius 2 is 1.86 bits per heavy atom. The molecular formula is C15H18F3N3. The number of imidazole rings is 1. The number of hydrogen-bond acceptors (Lipinski definition) is 2. The lowest BCUT2D eigenvalue weighted by atomic mass is 10.1. The third-order valence-corrected chi connectivity index (χ3v) is 3.12. The molecule has 1 heterocycles. The summed E-state index contributed by atoms with van der Waals surface area (Å²) in [7, 11) is 0. The van der Waals surface area contributed by atoms with Gasteiger partial charge in [0.25, 0.3) is 0 Å². The van der Waals surface area contributed by atoms with Crippen molar-refractivity contribution in [1.29, 1.82) is 0 Å². The summed E-state index contributed by atoms with van der Waals surface area (Å²) in [4.78, 5) is 4.10. The molecule has 0 saturated heterocycles. The topological polar surface area (TPSA) is 29.9 Å². The summed E-state index contributed by atoms with van der Waals surface area (Å²) >= 11 is 0. The number of rotatable bonds is 5. The first-order valence-electron chi connectivity index (χ1n) is 6.75.